The maximum atomic E-state index is 15.1. The molecular weight excluding hydrogens is 790 g/mol. The van der Waals surface area contributed by atoms with Crippen LogP contribution in [-0.4, -0.2) is 114 Å². The number of rotatable bonds is 16. The van der Waals surface area contributed by atoms with Crippen molar-refractivity contribution in [1.82, 2.24) is 14.7 Å². The molecule has 1 N–H and O–H groups in total. The first-order valence-corrected chi connectivity index (χ1v) is 24.3. The first-order valence-electron chi connectivity index (χ1n) is 22.8. The van der Waals surface area contributed by atoms with Crippen molar-refractivity contribution < 1.29 is 27.1 Å². The van der Waals surface area contributed by atoms with Crippen molar-refractivity contribution in [2.75, 3.05) is 89.3 Å². The summed E-state index contributed by atoms with van der Waals surface area (Å²) in [6.07, 6.45) is 13.9. The summed E-state index contributed by atoms with van der Waals surface area (Å²) < 4.78 is 47.6. The number of hydrogen-bond donors (Lipinski definition) is 1. The lowest BCUT2D eigenvalue weighted by molar-refractivity contribution is -0.142. The van der Waals surface area contributed by atoms with Crippen molar-refractivity contribution in [2.45, 2.75) is 79.4 Å². The topological polar surface area (TPSA) is 102 Å². The Morgan fingerprint density at radius 2 is 1.54 bits per heavy atom. The number of nitrogens with one attached hydrogen (secondary N) is 1. The number of nitrogens with zero attached hydrogens (tertiary/aromatic N) is 4. The van der Waals surface area contributed by atoms with Crippen LogP contribution in [0.1, 0.15) is 69.8 Å². The molecule has 1 amide bonds. The molecular formula is C49H64FN5O5S. The molecule has 1 saturated carbocycles. The Morgan fingerprint density at radius 1 is 0.803 bits per heavy atom. The summed E-state index contributed by atoms with van der Waals surface area (Å²) in [5.74, 6) is 0.833. The second-order valence-corrected chi connectivity index (χ2v) is 20.3. The monoisotopic (exact) mass is 853 g/mol. The van der Waals surface area contributed by atoms with Gasteiger partial charge in [-0.25, -0.2) is 12.8 Å². The number of halogens is 1. The first-order chi connectivity index (χ1) is 29.6. The van der Waals surface area contributed by atoms with Crippen LogP contribution in [0.15, 0.2) is 94.7 Å². The molecule has 0 bridgehead atoms. The number of esters is 1. The number of amides is 1. The zero-order valence-electron chi connectivity index (χ0n) is 35.9. The fourth-order valence-corrected chi connectivity index (χ4v) is 12.6. The average Bonchev–Trinajstić information content (AvgIpc) is 3.71. The number of piperidine rings is 2. The van der Waals surface area contributed by atoms with Crippen LogP contribution in [0.4, 0.5) is 15.8 Å². The number of methoxy groups -OCH3 is 1. The van der Waals surface area contributed by atoms with Crippen LogP contribution in [0.5, 0.6) is 0 Å². The van der Waals surface area contributed by atoms with Gasteiger partial charge in [0.15, 0.2) is 0 Å². The summed E-state index contributed by atoms with van der Waals surface area (Å²) in [4.78, 5) is 35.4. The van der Waals surface area contributed by atoms with E-state index >= 15 is 4.39 Å². The van der Waals surface area contributed by atoms with Crippen LogP contribution in [0.2, 0.25) is 0 Å². The highest BCUT2D eigenvalue weighted by Crippen LogP contribution is 2.54. The molecule has 4 heterocycles. The second kappa shape index (κ2) is 19.5. The van der Waals surface area contributed by atoms with Gasteiger partial charge in [0, 0.05) is 67.9 Å². The average molecular weight is 854 g/mol. The summed E-state index contributed by atoms with van der Waals surface area (Å²) in [6.45, 7) is 10.8. The predicted molar refractivity (Wildman–Crippen MR) is 238 cm³/mol. The molecule has 3 aromatic rings. The molecule has 12 heteroatoms. The molecule has 0 unspecified atom stereocenters. The van der Waals surface area contributed by atoms with Gasteiger partial charge >= 0.3 is 5.97 Å². The number of sulfone groups is 1. The Bertz CT molecular complexity index is 2110. The normalized spacial score (nSPS) is 23.3. The molecule has 5 aliphatic rings. The van der Waals surface area contributed by atoms with Crippen molar-refractivity contribution in [1.29, 1.82) is 0 Å². The number of ether oxygens (including phenoxy) is 1. The quantitative estimate of drug-likeness (QED) is 0.117. The molecule has 3 aromatic carbocycles. The van der Waals surface area contributed by atoms with Gasteiger partial charge in [-0.15, -0.1) is 0 Å². The van der Waals surface area contributed by atoms with E-state index in [1.165, 1.54) is 44.9 Å². The maximum Gasteiger partial charge on any atom is 0.305 e. The minimum Gasteiger partial charge on any atom is -0.469 e. The van der Waals surface area contributed by atoms with E-state index in [2.05, 4.69) is 31.0 Å². The van der Waals surface area contributed by atoms with Gasteiger partial charge in [0.25, 0.3) is 0 Å². The Hall–Kier alpha value is -4.10. The van der Waals surface area contributed by atoms with E-state index < -0.39 is 9.84 Å². The van der Waals surface area contributed by atoms with E-state index in [1.807, 2.05) is 24.3 Å². The highest BCUT2D eigenvalue weighted by Gasteiger charge is 2.53. The Kier molecular flexibility index (Phi) is 13.9. The third kappa shape index (κ3) is 10.1. The van der Waals surface area contributed by atoms with Crippen LogP contribution in [0.3, 0.4) is 0 Å². The van der Waals surface area contributed by atoms with Crippen LogP contribution in [-0.2, 0) is 29.6 Å². The number of hydrogen-bond acceptors (Lipinski definition) is 9. The largest absolute Gasteiger partial charge is 0.469 e. The molecule has 8 rings (SSSR count). The molecule has 4 saturated heterocycles. The van der Waals surface area contributed by atoms with E-state index in [9.17, 15) is 18.0 Å². The van der Waals surface area contributed by atoms with Crippen molar-refractivity contribution in [3.8, 4) is 0 Å². The van der Waals surface area contributed by atoms with Crippen LogP contribution < -0.4 is 10.2 Å². The highest BCUT2D eigenvalue weighted by molar-refractivity contribution is 7.91. The number of likely N-dealkylation sites (tertiary alicyclic amines) is 3. The predicted octanol–water partition coefficient (Wildman–Crippen LogP) is 7.41. The van der Waals surface area contributed by atoms with Gasteiger partial charge in [-0.3, -0.25) is 14.5 Å². The number of carbonyl (C=O) groups excluding carboxylic acids is 2. The minimum absolute atomic E-state index is 0.140. The Balaban J connectivity index is 0.861. The SMILES string of the molecule is COC(=O)C[C@H]1CCC[C@@H]1[C@](CN1CCC1)(c1cccc(F)c1)C1CCN(CC2CN(c3ccc(S(=O)(=O)c4cccc(NC(=O)/C=C/CN5CCCCC5)c4)cc3)C2)CC1. The van der Waals surface area contributed by atoms with E-state index in [0.717, 1.165) is 115 Å². The number of carbonyl (C=O) groups is 2. The van der Waals surface area contributed by atoms with Gasteiger partial charge in [-0.1, -0.05) is 37.1 Å². The molecule has 10 nitrogen and oxygen atoms in total. The Morgan fingerprint density at radius 3 is 2.25 bits per heavy atom. The van der Waals surface area contributed by atoms with E-state index in [-0.39, 0.29) is 38.8 Å². The zero-order valence-corrected chi connectivity index (χ0v) is 36.7. The number of benzene rings is 3. The molecule has 4 aliphatic heterocycles. The smallest absolute Gasteiger partial charge is 0.305 e. The molecule has 0 aromatic heterocycles. The Labute approximate surface area is 362 Å². The van der Waals surface area contributed by atoms with E-state index in [4.69, 9.17) is 4.74 Å². The summed E-state index contributed by atoms with van der Waals surface area (Å²) in [5, 5.41) is 2.82. The maximum absolute atomic E-state index is 15.1. The number of anilines is 2. The molecule has 0 spiro atoms. The van der Waals surface area contributed by atoms with Crippen molar-refractivity contribution in [3.05, 3.63) is 96.3 Å². The van der Waals surface area contributed by atoms with Gasteiger partial charge in [0.2, 0.25) is 15.7 Å². The van der Waals surface area contributed by atoms with Crippen molar-refractivity contribution >= 4 is 33.1 Å². The van der Waals surface area contributed by atoms with Gasteiger partial charge in [0.1, 0.15) is 5.82 Å². The van der Waals surface area contributed by atoms with Gasteiger partial charge in [-0.2, -0.15) is 0 Å². The first kappa shape index (κ1) is 43.5. The highest BCUT2D eigenvalue weighted by atomic mass is 32.2. The lowest BCUT2D eigenvalue weighted by atomic mass is 9.56. The zero-order chi connectivity index (χ0) is 42.4. The van der Waals surface area contributed by atoms with E-state index in [0.29, 0.717) is 29.9 Å². The molecule has 328 valence electrons. The summed E-state index contributed by atoms with van der Waals surface area (Å²) in [6, 6.07) is 21.0. The summed E-state index contributed by atoms with van der Waals surface area (Å²) in [7, 11) is -2.31. The summed E-state index contributed by atoms with van der Waals surface area (Å²) in [5.41, 5.74) is 2.34. The minimum atomic E-state index is -3.79. The van der Waals surface area contributed by atoms with Gasteiger partial charge in [-0.05, 0) is 162 Å². The molecule has 1 aliphatic carbocycles. The van der Waals surface area contributed by atoms with Crippen molar-refractivity contribution in [2.24, 2.45) is 23.7 Å². The van der Waals surface area contributed by atoms with Crippen LogP contribution >= 0.6 is 0 Å². The van der Waals surface area contributed by atoms with E-state index in [1.54, 1.807) is 42.5 Å². The lowest BCUT2D eigenvalue weighted by Gasteiger charge is -2.54. The van der Waals surface area contributed by atoms with Gasteiger partial charge in [0.05, 0.1) is 16.9 Å². The standard InChI is InChI=1S/C49H64FN5O5S/c1-60-48(57)30-38-10-5-15-46(38)49(36-54-26-9-27-54,40-11-6-12-41(50)31-40)39-21-28-53(29-22-39)33-37-34-55(35-37)43-17-19-44(20-18-43)61(58,59)45-14-7-13-42(32-45)51-47(56)16-8-25-52-23-3-2-4-24-52/h6-8,11-14,16-20,31-32,37-39,46H,2-5,9-10,15,21-30,33-36H2,1H3,(H,51,56)/b16-8+/t38-,46+,49+/m1/s1. The summed E-state index contributed by atoms with van der Waals surface area (Å²) >= 11 is 0. The third-order valence-electron chi connectivity index (χ3n) is 14.6. The second-order valence-electron chi connectivity index (χ2n) is 18.4. The van der Waals surface area contributed by atoms with Crippen molar-refractivity contribution in [3.63, 3.8) is 0 Å². The van der Waals surface area contributed by atoms with Crippen LogP contribution in [0, 0.1) is 29.5 Å². The molecule has 61 heavy (non-hydrogen) atoms. The molecule has 3 atom stereocenters. The van der Waals surface area contributed by atoms with Gasteiger partial charge < -0.3 is 24.8 Å². The molecule has 5 fully saturated rings. The fourth-order valence-electron chi connectivity index (χ4n) is 11.3. The lowest BCUT2D eigenvalue weighted by Crippen LogP contribution is -2.58. The third-order valence-corrected chi connectivity index (χ3v) is 16.3. The molecule has 0 radical (unpaired) electrons. The van der Waals surface area contributed by atoms with Crippen LogP contribution in [0.25, 0.3) is 0 Å². The fraction of sp³-hybridized carbons (Fsp3) is 0.551.